The summed E-state index contributed by atoms with van der Waals surface area (Å²) in [6.45, 7) is 8.30. The third kappa shape index (κ3) is 2.96. The lowest BCUT2D eigenvalue weighted by Crippen LogP contribution is -2.73. The fourth-order valence-corrected chi connectivity index (χ4v) is 8.70. The van der Waals surface area contributed by atoms with E-state index in [0.29, 0.717) is 43.8 Å². The van der Waals surface area contributed by atoms with Gasteiger partial charge < -0.3 is 24.1 Å². The van der Waals surface area contributed by atoms with E-state index in [0.717, 1.165) is 38.5 Å². The highest BCUT2D eigenvalue weighted by atomic mass is 16.8. The van der Waals surface area contributed by atoms with Crippen LogP contribution in [0, 0.1) is 28.6 Å². The molecule has 8 atom stereocenters. The molecule has 4 aliphatic carbocycles. The number of carbonyl (C=O) groups is 2. The first kappa shape index (κ1) is 22.6. The van der Waals surface area contributed by atoms with Crippen molar-refractivity contribution in [2.24, 2.45) is 28.6 Å². The molecule has 7 nitrogen and oxygen atoms in total. The lowest BCUT2D eigenvalue weighted by molar-refractivity contribution is -0.342. The van der Waals surface area contributed by atoms with Crippen molar-refractivity contribution in [3.63, 3.8) is 0 Å². The van der Waals surface area contributed by atoms with Gasteiger partial charge in [-0.1, -0.05) is 13.8 Å². The second-order valence-electron chi connectivity index (χ2n) is 11.5. The third-order valence-corrected chi connectivity index (χ3v) is 10.2. The molecule has 1 saturated heterocycles. The van der Waals surface area contributed by atoms with Crippen molar-refractivity contribution in [3.8, 4) is 0 Å². The summed E-state index contributed by atoms with van der Waals surface area (Å²) in [7, 11) is 0. The summed E-state index contributed by atoms with van der Waals surface area (Å²) in [5.74, 6) is -0.367. The molecule has 32 heavy (non-hydrogen) atoms. The van der Waals surface area contributed by atoms with Crippen molar-refractivity contribution < 1.29 is 33.6 Å². The Hall–Kier alpha value is -1.18. The highest BCUT2D eigenvalue weighted by molar-refractivity contribution is 5.66. The van der Waals surface area contributed by atoms with Crippen molar-refractivity contribution in [3.05, 3.63) is 0 Å². The number of ether oxygens (including phenoxy) is 4. The van der Waals surface area contributed by atoms with Gasteiger partial charge >= 0.3 is 11.9 Å². The molecule has 0 unspecified atom stereocenters. The van der Waals surface area contributed by atoms with Crippen LogP contribution in [-0.2, 0) is 28.5 Å². The van der Waals surface area contributed by atoms with E-state index in [9.17, 15) is 14.7 Å². The Labute approximate surface area is 190 Å². The Morgan fingerprint density at radius 3 is 2.19 bits per heavy atom. The summed E-state index contributed by atoms with van der Waals surface area (Å²) < 4.78 is 23.6. The summed E-state index contributed by atoms with van der Waals surface area (Å²) in [4.78, 5) is 23.8. The van der Waals surface area contributed by atoms with Crippen molar-refractivity contribution in [1.82, 2.24) is 0 Å². The van der Waals surface area contributed by atoms with Crippen LogP contribution >= 0.6 is 0 Å². The summed E-state index contributed by atoms with van der Waals surface area (Å²) in [6, 6.07) is 0. The highest BCUT2D eigenvalue weighted by Gasteiger charge is 2.72. The summed E-state index contributed by atoms with van der Waals surface area (Å²) in [5, 5.41) is 12.3. The summed E-state index contributed by atoms with van der Waals surface area (Å²) in [6.07, 6.45) is 5.95. The minimum atomic E-state index is -1.19. The molecule has 5 rings (SSSR count). The van der Waals surface area contributed by atoms with Gasteiger partial charge in [0.2, 0.25) is 5.79 Å². The molecular weight excluding hydrogens is 412 g/mol. The lowest BCUT2D eigenvalue weighted by atomic mass is 9.42. The summed E-state index contributed by atoms with van der Waals surface area (Å²) in [5.41, 5.74) is -1.58. The topological polar surface area (TPSA) is 91.3 Å². The van der Waals surface area contributed by atoms with Crippen LogP contribution in [0.5, 0.6) is 0 Å². The number of carbonyl (C=O) groups excluding carboxylic acids is 2. The van der Waals surface area contributed by atoms with Gasteiger partial charge in [-0.05, 0) is 62.7 Å². The van der Waals surface area contributed by atoms with Gasteiger partial charge in [-0.3, -0.25) is 9.59 Å². The molecule has 4 saturated carbocycles. The van der Waals surface area contributed by atoms with E-state index in [2.05, 4.69) is 13.8 Å². The van der Waals surface area contributed by atoms with Crippen LogP contribution in [0.1, 0.15) is 79.1 Å². The predicted molar refractivity (Wildman–Crippen MR) is 114 cm³/mol. The molecule has 180 valence electrons. The maximum atomic E-state index is 12.3. The van der Waals surface area contributed by atoms with E-state index in [1.807, 2.05) is 0 Å². The highest BCUT2D eigenvalue weighted by Crippen LogP contribution is 2.69. The second kappa shape index (κ2) is 7.41. The molecule has 1 spiro atoms. The first-order chi connectivity index (χ1) is 15.1. The van der Waals surface area contributed by atoms with Crippen LogP contribution in [0.25, 0.3) is 0 Å². The van der Waals surface area contributed by atoms with Gasteiger partial charge in [-0.2, -0.15) is 0 Å². The second-order valence-corrected chi connectivity index (χ2v) is 11.5. The van der Waals surface area contributed by atoms with Gasteiger partial charge in [-0.15, -0.1) is 0 Å². The Morgan fingerprint density at radius 2 is 1.53 bits per heavy atom. The predicted octanol–water partition coefficient (Wildman–Crippen LogP) is 3.36. The van der Waals surface area contributed by atoms with Gasteiger partial charge in [0.25, 0.3) is 0 Å². The Bertz CT molecular complexity index is 791. The number of esters is 2. The van der Waals surface area contributed by atoms with Crippen molar-refractivity contribution in [2.75, 3.05) is 13.2 Å². The third-order valence-electron chi connectivity index (χ3n) is 10.2. The van der Waals surface area contributed by atoms with E-state index < -0.39 is 28.9 Å². The van der Waals surface area contributed by atoms with Crippen LogP contribution in [0.2, 0.25) is 0 Å². The largest absolute Gasteiger partial charge is 0.462 e. The fraction of sp³-hybridized carbons (Fsp3) is 0.920. The van der Waals surface area contributed by atoms with Crippen LogP contribution in [0.15, 0.2) is 0 Å². The maximum absolute atomic E-state index is 12.3. The minimum absolute atomic E-state index is 0.00149. The molecule has 5 aliphatic rings. The Morgan fingerprint density at radius 1 is 0.844 bits per heavy atom. The molecule has 0 aromatic carbocycles. The molecule has 7 heteroatoms. The first-order valence-corrected chi connectivity index (χ1v) is 12.4. The van der Waals surface area contributed by atoms with E-state index in [1.165, 1.54) is 13.8 Å². The van der Waals surface area contributed by atoms with Crippen LogP contribution in [-0.4, -0.2) is 53.9 Å². The van der Waals surface area contributed by atoms with Gasteiger partial charge in [0.1, 0.15) is 11.7 Å². The van der Waals surface area contributed by atoms with Gasteiger partial charge in [0.15, 0.2) is 6.10 Å². The zero-order valence-corrected chi connectivity index (χ0v) is 19.9. The molecule has 0 radical (unpaired) electrons. The smallest absolute Gasteiger partial charge is 0.303 e. The molecule has 1 N–H and O–H groups in total. The van der Waals surface area contributed by atoms with Gasteiger partial charge in [0, 0.05) is 31.1 Å². The zero-order chi connectivity index (χ0) is 22.9. The molecule has 0 aromatic rings. The monoisotopic (exact) mass is 450 g/mol. The number of rotatable bonds is 2. The number of hydrogen-bond donors (Lipinski definition) is 1. The average molecular weight is 451 g/mol. The lowest BCUT2D eigenvalue weighted by Gasteiger charge is -2.66. The number of hydrogen-bond acceptors (Lipinski definition) is 7. The van der Waals surface area contributed by atoms with Crippen LogP contribution in [0.3, 0.4) is 0 Å². The summed E-state index contributed by atoms with van der Waals surface area (Å²) >= 11 is 0. The quantitative estimate of drug-likeness (QED) is 0.645. The molecule has 0 amide bonds. The Kier molecular flexibility index (Phi) is 5.23. The van der Waals surface area contributed by atoms with E-state index in [4.69, 9.17) is 18.9 Å². The van der Waals surface area contributed by atoms with Gasteiger partial charge in [0.05, 0.1) is 13.2 Å². The van der Waals surface area contributed by atoms with Crippen molar-refractivity contribution in [1.29, 1.82) is 0 Å². The number of fused-ring (bicyclic) bond motifs is 5. The zero-order valence-electron chi connectivity index (χ0n) is 19.9. The molecule has 0 bridgehead atoms. The van der Waals surface area contributed by atoms with E-state index >= 15 is 0 Å². The molecule has 1 heterocycles. The van der Waals surface area contributed by atoms with E-state index in [1.54, 1.807) is 0 Å². The van der Waals surface area contributed by atoms with Crippen molar-refractivity contribution >= 4 is 11.9 Å². The average Bonchev–Trinajstić information content (AvgIpc) is 3.32. The molecule has 0 aromatic heterocycles. The first-order valence-electron chi connectivity index (χ1n) is 12.4. The SMILES string of the molecule is CC(=O)O[C@@H]1C2(CC[C@]3(C)[C@@H]4CC[C@@]5(C)[C@H](CC[C@H]5OC(C)=O)[C@H]4CC[C@@]13O)OCCO2. The maximum Gasteiger partial charge on any atom is 0.303 e. The Balaban J connectivity index is 1.47. The minimum Gasteiger partial charge on any atom is -0.462 e. The normalized spacial score (nSPS) is 49.1. The fourth-order valence-electron chi connectivity index (χ4n) is 8.70. The molecule has 5 fully saturated rings. The van der Waals surface area contributed by atoms with Crippen molar-refractivity contribution in [2.45, 2.75) is 103 Å². The van der Waals surface area contributed by atoms with Gasteiger partial charge in [-0.25, -0.2) is 0 Å². The van der Waals surface area contributed by atoms with E-state index in [-0.39, 0.29) is 17.5 Å². The molecule has 1 aliphatic heterocycles. The molecular formula is C25H38O7. The standard InChI is InChI=1S/C25H38O7/c1-15(26)31-20-6-5-18-17-7-10-24(28)21(32-16(2)27)25(29-13-14-30-25)12-11-23(24,4)19(17)8-9-22(18,20)3/h17-21,28H,5-14H2,1-4H3/t17-,18-,19-,20-,21+,22+,23-,24-/m1/s1. The number of aliphatic hydroxyl groups is 1. The van der Waals surface area contributed by atoms with Crippen LogP contribution < -0.4 is 0 Å². The van der Waals surface area contributed by atoms with Crippen LogP contribution in [0.4, 0.5) is 0 Å².